The van der Waals surface area contributed by atoms with E-state index in [2.05, 4.69) is 41.5 Å². The molecule has 0 heterocycles. The van der Waals surface area contributed by atoms with Gasteiger partial charge in [-0.1, -0.05) is 78.3 Å². The Labute approximate surface area is 85.6 Å². The molecule has 0 aliphatic carbocycles. The second-order valence-electron chi connectivity index (χ2n) is 4.73. The fraction of sp³-hybridized carbons (Fsp3) is 1.00. The largest absolute Gasteiger partial charge is 0.148 e. The molecule has 0 aromatic heterocycles. The Morgan fingerprint density at radius 2 is 0.923 bits per heavy atom. The lowest BCUT2D eigenvalue weighted by Crippen LogP contribution is -2.28. The number of hydrogen-bond acceptors (Lipinski definition) is 0. The van der Waals surface area contributed by atoms with Crippen LogP contribution in [-0.4, -0.2) is 6.71 Å². The van der Waals surface area contributed by atoms with Crippen molar-refractivity contribution in [3.8, 4) is 0 Å². The lowest BCUT2D eigenvalue weighted by Gasteiger charge is -2.30. The molecule has 0 aliphatic rings. The highest BCUT2D eigenvalue weighted by Crippen LogP contribution is 2.35. The average Bonchev–Trinajstić information content (AvgIpc) is 2.16. The van der Waals surface area contributed by atoms with Gasteiger partial charge in [-0.15, -0.1) is 0 Å². The van der Waals surface area contributed by atoms with Crippen molar-refractivity contribution in [1.29, 1.82) is 0 Å². The molecule has 78 valence electrons. The highest BCUT2D eigenvalue weighted by molar-refractivity contribution is 6.63. The molecule has 0 aliphatic heterocycles. The van der Waals surface area contributed by atoms with Crippen LogP contribution < -0.4 is 0 Å². The van der Waals surface area contributed by atoms with Crippen LogP contribution >= 0.6 is 0 Å². The lowest BCUT2D eigenvalue weighted by atomic mass is 9.28. The molecular weight excluding hydrogens is 155 g/mol. The summed E-state index contributed by atoms with van der Waals surface area (Å²) < 4.78 is 0. The molecule has 0 nitrogen and oxygen atoms in total. The van der Waals surface area contributed by atoms with Crippen molar-refractivity contribution in [2.75, 3.05) is 0 Å². The van der Waals surface area contributed by atoms with Gasteiger partial charge in [0.15, 0.2) is 0 Å². The van der Waals surface area contributed by atoms with E-state index >= 15 is 0 Å². The van der Waals surface area contributed by atoms with Crippen LogP contribution in [0.1, 0.15) is 60.8 Å². The maximum Gasteiger partial charge on any atom is 0.148 e. The van der Waals surface area contributed by atoms with Crippen molar-refractivity contribution in [3.05, 3.63) is 0 Å². The number of rotatable bonds is 6. The summed E-state index contributed by atoms with van der Waals surface area (Å²) in [5, 5.41) is 0. The Hall–Kier alpha value is 0.0649. The molecule has 3 atom stereocenters. The van der Waals surface area contributed by atoms with Crippen molar-refractivity contribution in [3.63, 3.8) is 0 Å². The van der Waals surface area contributed by atoms with Gasteiger partial charge in [-0.05, 0) is 0 Å². The van der Waals surface area contributed by atoms with E-state index in [0.29, 0.717) is 0 Å². The Balaban J connectivity index is 4.34. The van der Waals surface area contributed by atoms with Gasteiger partial charge in [0.05, 0.1) is 0 Å². The third-order valence-corrected chi connectivity index (χ3v) is 3.90. The third-order valence-electron chi connectivity index (χ3n) is 3.90. The van der Waals surface area contributed by atoms with E-state index < -0.39 is 0 Å². The maximum atomic E-state index is 2.42. The molecule has 0 aromatic carbocycles. The van der Waals surface area contributed by atoms with Crippen LogP contribution in [0.4, 0.5) is 0 Å². The molecule has 0 saturated carbocycles. The molecule has 0 radical (unpaired) electrons. The van der Waals surface area contributed by atoms with Crippen LogP contribution in [0.3, 0.4) is 0 Å². The smallest absolute Gasteiger partial charge is 0.0691 e. The van der Waals surface area contributed by atoms with Crippen molar-refractivity contribution in [2.24, 2.45) is 0 Å². The third kappa shape index (κ3) is 3.75. The molecule has 1 heteroatoms. The minimum absolute atomic E-state index is 0.893. The van der Waals surface area contributed by atoms with Gasteiger partial charge in [-0.3, -0.25) is 0 Å². The number of hydrogen-bond donors (Lipinski definition) is 0. The highest BCUT2D eigenvalue weighted by Gasteiger charge is 2.29. The fourth-order valence-electron chi connectivity index (χ4n) is 2.50. The monoisotopic (exact) mass is 182 g/mol. The van der Waals surface area contributed by atoms with Gasteiger partial charge in [-0.2, -0.15) is 0 Å². The first-order valence-corrected chi connectivity index (χ1v) is 6.08. The molecule has 0 saturated heterocycles. The normalized spacial score (nSPS) is 18.0. The zero-order valence-electron chi connectivity index (χ0n) is 10.4. The van der Waals surface area contributed by atoms with Gasteiger partial charge in [0.1, 0.15) is 6.71 Å². The predicted molar refractivity (Wildman–Crippen MR) is 64.9 cm³/mol. The SMILES string of the molecule is CC[C@@H](C)B([C@@H](C)CC)[C@@H](C)CC. The van der Waals surface area contributed by atoms with E-state index in [1.54, 1.807) is 0 Å². The minimum Gasteiger partial charge on any atom is -0.0691 e. The summed E-state index contributed by atoms with van der Waals surface area (Å²) in [6, 6.07) is 0. The lowest BCUT2D eigenvalue weighted by molar-refractivity contribution is 0.720. The Kier molecular flexibility index (Phi) is 6.54. The second-order valence-corrected chi connectivity index (χ2v) is 4.73. The summed E-state index contributed by atoms with van der Waals surface area (Å²) in [7, 11) is 0. The van der Waals surface area contributed by atoms with Gasteiger partial charge in [0, 0.05) is 0 Å². The molecule has 0 aromatic rings. The van der Waals surface area contributed by atoms with Gasteiger partial charge >= 0.3 is 0 Å². The van der Waals surface area contributed by atoms with E-state index in [1.807, 2.05) is 0 Å². The van der Waals surface area contributed by atoms with E-state index in [-0.39, 0.29) is 0 Å². The van der Waals surface area contributed by atoms with Crippen LogP contribution in [-0.2, 0) is 0 Å². The van der Waals surface area contributed by atoms with Crippen LogP contribution in [0.5, 0.6) is 0 Å². The molecule has 0 N–H and O–H groups in total. The van der Waals surface area contributed by atoms with Crippen LogP contribution in [0.15, 0.2) is 0 Å². The average molecular weight is 182 g/mol. The van der Waals surface area contributed by atoms with Gasteiger partial charge in [0.2, 0.25) is 0 Å². The van der Waals surface area contributed by atoms with Gasteiger partial charge < -0.3 is 0 Å². The Morgan fingerprint density at radius 1 is 0.692 bits per heavy atom. The summed E-state index contributed by atoms with van der Waals surface area (Å²) in [4.78, 5) is 0. The molecule has 0 spiro atoms. The summed E-state index contributed by atoms with van der Waals surface area (Å²) >= 11 is 0. The van der Waals surface area contributed by atoms with E-state index in [4.69, 9.17) is 0 Å². The van der Waals surface area contributed by atoms with Crippen molar-refractivity contribution >= 4 is 6.71 Å². The van der Waals surface area contributed by atoms with Gasteiger partial charge in [0.25, 0.3) is 0 Å². The second kappa shape index (κ2) is 6.51. The van der Waals surface area contributed by atoms with E-state index in [0.717, 1.165) is 24.2 Å². The molecule has 0 bridgehead atoms. The standard InChI is InChI=1S/C12H27B/c1-7-10(4)13(11(5)8-2)12(6)9-3/h10-12H,7-9H2,1-6H3/t10-,11-,12+/m0/s1. The van der Waals surface area contributed by atoms with Crippen LogP contribution in [0.25, 0.3) is 0 Å². The summed E-state index contributed by atoms with van der Waals surface area (Å²) in [5.41, 5.74) is 0. The highest BCUT2D eigenvalue weighted by atomic mass is 14.1. The summed E-state index contributed by atoms with van der Waals surface area (Å²) in [5.74, 6) is 2.68. The Morgan fingerprint density at radius 3 is 1.08 bits per heavy atom. The van der Waals surface area contributed by atoms with Crippen molar-refractivity contribution in [2.45, 2.75) is 78.3 Å². The van der Waals surface area contributed by atoms with Crippen LogP contribution in [0, 0.1) is 0 Å². The molecule has 0 unspecified atom stereocenters. The first-order valence-electron chi connectivity index (χ1n) is 6.08. The molecule has 0 rings (SSSR count). The first kappa shape index (κ1) is 13.1. The molecular formula is C12H27B. The Bertz CT molecular complexity index is 98.5. The van der Waals surface area contributed by atoms with Crippen molar-refractivity contribution in [1.82, 2.24) is 0 Å². The zero-order chi connectivity index (χ0) is 10.4. The van der Waals surface area contributed by atoms with Crippen LogP contribution in [0.2, 0.25) is 17.5 Å². The summed E-state index contributed by atoms with van der Waals surface area (Å²) in [6.07, 6.45) is 4.00. The first-order chi connectivity index (χ1) is 6.08. The van der Waals surface area contributed by atoms with Gasteiger partial charge in [-0.25, -0.2) is 0 Å². The molecule has 0 fully saturated rings. The fourth-order valence-corrected chi connectivity index (χ4v) is 2.50. The quantitative estimate of drug-likeness (QED) is 0.513. The summed E-state index contributed by atoms with van der Waals surface area (Å²) in [6.45, 7) is 15.2. The predicted octanol–water partition coefficient (Wildman–Crippen LogP) is 4.88. The zero-order valence-corrected chi connectivity index (χ0v) is 10.4. The van der Waals surface area contributed by atoms with Crippen molar-refractivity contribution < 1.29 is 0 Å². The molecule has 0 amide bonds. The van der Waals surface area contributed by atoms with E-state index in [9.17, 15) is 0 Å². The topological polar surface area (TPSA) is 0 Å². The maximum absolute atomic E-state index is 2.42. The molecule has 13 heavy (non-hydrogen) atoms. The minimum atomic E-state index is 0.893. The van der Waals surface area contributed by atoms with E-state index in [1.165, 1.54) is 19.3 Å².